The molecule has 1 aliphatic rings. The molecule has 20 heavy (non-hydrogen) atoms. The average Bonchev–Trinajstić information content (AvgIpc) is 2.44. The number of thioether (sulfide) groups is 1. The number of carboxylic acids is 2. The summed E-state index contributed by atoms with van der Waals surface area (Å²) in [7, 11) is 0. The van der Waals surface area contributed by atoms with E-state index in [1.165, 1.54) is 19.3 Å². The van der Waals surface area contributed by atoms with Crippen molar-refractivity contribution >= 4 is 23.7 Å². The van der Waals surface area contributed by atoms with E-state index >= 15 is 0 Å². The Morgan fingerprint density at radius 1 is 1.35 bits per heavy atom. The van der Waals surface area contributed by atoms with Gasteiger partial charge in [-0.25, -0.2) is 4.79 Å². The first-order chi connectivity index (χ1) is 9.51. The van der Waals surface area contributed by atoms with Gasteiger partial charge in [0.1, 0.15) is 6.04 Å². The van der Waals surface area contributed by atoms with Gasteiger partial charge >= 0.3 is 11.9 Å². The van der Waals surface area contributed by atoms with Crippen molar-refractivity contribution in [3.8, 4) is 0 Å². The van der Waals surface area contributed by atoms with Gasteiger partial charge in [0, 0.05) is 12.1 Å². The van der Waals surface area contributed by atoms with Crippen molar-refractivity contribution in [2.45, 2.75) is 50.6 Å². The lowest BCUT2D eigenvalue weighted by Crippen LogP contribution is -2.44. The van der Waals surface area contributed by atoms with Crippen LogP contribution in [0.15, 0.2) is 12.7 Å². The van der Waals surface area contributed by atoms with Gasteiger partial charge in [-0.2, -0.15) is 11.8 Å². The summed E-state index contributed by atoms with van der Waals surface area (Å²) in [5.74, 6) is -0.768. The van der Waals surface area contributed by atoms with Crippen molar-refractivity contribution in [1.29, 1.82) is 0 Å². The second kappa shape index (κ2) is 11.8. The van der Waals surface area contributed by atoms with Gasteiger partial charge in [0.25, 0.3) is 0 Å². The van der Waals surface area contributed by atoms with E-state index in [0.717, 1.165) is 31.1 Å². The van der Waals surface area contributed by atoms with E-state index in [1.54, 1.807) is 11.8 Å². The minimum atomic E-state index is -0.981. The fourth-order valence-electron chi connectivity index (χ4n) is 2.07. The van der Waals surface area contributed by atoms with Crippen LogP contribution in [-0.4, -0.2) is 46.2 Å². The minimum absolute atomic E-state index is 0.347. The van der Waals surface area contributed by atoms with Gasteiger partial charge in [-0.1, -0.05) is 25.8 Å². The Morgan fingerprint density at radius 2 is 1.90 bits per heavy atom. The summed E-state index contributed by atoms with van der Waals surface area (Å²) >= 11 is 1.71. The van der Waals surface area contributed by atoms with E-state index in [0.29, 0.717) is 6.04 Å². The molecule has 0 aromatic carbocycles. The Balaban J connectivity index is 0.000000621. The van der Waals surface area contributed by atoms with Crippen LogP contribution in [-0.2, 0) is 9.59 Å². The van der Waals surface area contributed by atoms with E-state index in [9.17, 15) is 9.59 Å². The topological polar surface area (TPSA) is 86.6 Å². The molecule has 1 saturated carbocycles. The third kappa shape index (κ3) is 9.86. The third-order valence-corrected chi connectivity index (χ3v) is 3.77. The molecule has 3 N–H and O–H groups in total. The van der Waals surface area contributed by atoms with Gasteiger partial charge in [0.05, 0.1) is 0 Å². The van der Waals surface area contributed by atoms with E-state index < -0.39 is 11.9 Å². The largest absolute Gasteiger partial charge is 0.480 e. The van der Waals surface area contributed by atoms with E-state index in [-0.39, 0.29) is 6.04 Å². The maximum absolute atomic E-state index is 11.0. The van der Waals surface area contributed by atoms with Gasteiger partial charge < -0.3 is 15.5 Å². The standard InChI is InChI=1S/C11H21NO2S.C3H4O2/c1-15-8-7-10(11(13)14)12-9-5-3-2-4-6-9;1-2-3(4)5/h9-10,12H,2-8H2,1H3,(H,13,14);2H,1H2,(H,4,5)/t10-;/m0./s1. The predicted octanol–water partition coefficient (Wildman–Crippen LogP) is 2.37. The molecule has 0 heterocycles. The second-order valence-corrected chi connectivity index (χ2v) is 5.70. The highest BCUT2D eigenvalue weighted by Crippen LogP contribution is 2.18. The number of carbonyl (C=O) groups is 2. The zero-order chi connectivity index (χ0) is 15.4. The van der Waals surface area contributed by atoms with Crippen LogP contribution in [0.3, 0.4) is 0 Å². The highest BCUT2D eigenvalue weighted by molar-refractivity contribution is 7.98. The number of aliphatic carboxylic acids is 2. The van der Waals surface area contributed by atoms with Crippen LogP contribution in [0.1, 0.15) is 38.5 Å². The molecule has 6 heteroatoms. The predicted molar refractivity (Wildman–Crippen MR) is 82.3 cm³/mol. The SMILES string of the molecule is C=CC(=O)O.CSCC[C@H](NC1CCCCC1)C(=O)O. The molecule has 0 saturated heterocycles. The Hall–Kier alpha value is -1.01. The molecule has 0 aliphatic heterocycles. The molecule has 1 aliphatic carbocycles. The first kappa shape index (κ1) is 19.0. The lowest BCUT2D eigenvalue weighted by atomic mass is 9.94. The Labute approximate surface area is 124 Å². The van der Waals surface area contributed by atoms with Gasteiger partial charge in [0.15, 0.2) is 0 Å². The molecule has 0 spiro atoms. The van der Waals surface area contributed by atoms with Crippen molar-refractivity contribution in [3.63, 3.8) is 0 Å². The molecule has 0 bridgehead atoms. The van der Waals surface area contributed by atoms with Gasteiger partial charge in [-0.05, 0) is 31.3 Å². The van der Waals surface area contributed by atoms with Gasteiger partial charge in [-0.3, -0.25) is 4.79 Å². The van der Waals surface area contributed by atoms with E-state index in [2.05, 4.69) is 11.9 Å². The summed E-state index contributed by atoms with van der Waals surface area (Å²) in [5.41, 5.74) is 0. The van der Waals surface area contributed by atoms with E-state index in [1.807, 2.05) is 6.26 Å². The number of nitrogens with one attached hydrogen (secondary N) is 1. The van der Waals surface area contributed by atoms with Crippen molar-refractivity contribution in [2.24, 2.45) is 0 Å². The average molecular weight is 303 g/mol. The third-order valence-electron chi connectivity index (χ3n) is 3.13. The van der Waals surface area contributed by atoms with Crippen LogP contribution in [0.5, 0.6) is 0 Å². The number of hydrogen-bond donors (Lipinski definition) is 3. The molecular weight excluding hydrogens is 278 g/mol. The zero-order valence-corrected chi connectivity index (χ0v) is 12.8. The normalized spacial score (nSPS) is 16.6. The molecule has 1 fully saturated rings. The smallest absolute Gasteiger partial charge is 0.327 e. The summed E-state index contributed by atoms with van der Waals surface area (Å²) in [6.45, 7) is 2.96. The van der Waals surface area contributed by atoms with Crippen LogP contribution in [0.2, 0.25) is 0 Å². The lowest BCUT2D eigenvalue weighted by molar-refractivity contribution is -0.139. The van der Waals surface area contributed by atoms with Crippen LogP contribution in [0.4, 0.5) is 0 Å². The maximum Gasteiger partial charge on any atom is 0.327 e. The van der Waals surface area contributed by atoms with Crippen molar-refractivity contribution in [3.05, 3.63) is 12.7 Å². The maximum atomic E-state index is 11.0. The molecule has 0 radical (unpaired) electrons. The molecule has 0 unspecified atom stereocenters. The molecule has 1 rings (SSSR count). The lowest BCUT2D eigenvalue weighted by Gasteiger charge is -2.26. The van der Waals surface area contributed by atoms with Crippen molar-refractivity contribution in [1.82, 2.24) is 5.32 Å². The Bertz CT molecular complexity index is 304. The number of rotatable bonds is 7. The molecular formula is C14H25NO4S. The van der Waals surface area contributed by atoms with Crippen molar-refractivity contribution in [2.75, 3.05) is 12.0 Å². The summed E-state index contributed by atoms with van der Waals surface area (Å²) in [6.07, 6.45) is 9.65. The summed E-state index contributed by atoms with van der Waals surface area (Å²) in [4.78, 5) is 20.3. The monoisotopic (exact) mass is 303 g/mol. The molecule has 0 aromatic heterocycles. The summed E-state index contributed by atoms with van der Waals surface area (Å²) in [6, 6.07) is 0.0854. The molecule has 116 valence electrons. The highest BCUT2D eigenvalue weighted by Gasteiger charge is 2.22. The zero-order valence-electron chi connectivity index (χ0n) is 12.0. The second-order valence-electron chi connectivity index (χ2n) is 4.72. The minimum Gasteiger partial charge on any atom is -0.480 e. The number of hydrogen-bond acceptors (Lipinski definition) is 4. The summed E-state index contributed by atoms with van der Waals surface area (Å²) in [5, 5.41) is 19.9. The van der Waals surface area contributed by atoms with Gasteiger partial charge in [0.2, 0.25) is 0 Å². The molecule has 0 aromatic rings. The van der Waals surface area contributed by atoms with E-state index in [4.69, 9.17) is 10.2 Å². The fourth-order valence-corrected chi connectivity index (χ4v) is 2.54. The van der Waals surface area contributed by atoms with Crippen LogP contribution in [0.25, 0.3) is 0 Å². The van der Waals surface area contributed by atoms with Crippen molar-refractivity contribution < 1.29 is 19.8 Å². The number of carboxylic acid groups (broad SMARTS) is 2. The van der Waals surface area contributed by atoms with Crippen LogP contribution < -0.4 is 5.32 Å². The Morgan fingerprint density at radius 3 is 2.30 bits per heavy atom. The summed E-state index contributed by atoms with van der Waals surface area (Å²) < 4.78 is 0. The van der Waals surface area contributed by atoms with Gasteiger partial charge in [-0.15, -0.1) is 0 Å². The Kier molecular flexibility index (Phi) is 11.2. The first-order valence-electron chi connectivity index (χ1n) is 6.84. The molecule has 5 nitrogen and oxygen atoms in total. The highest BCUT2D eigenvalue weighted by atomic mass is 32.2. The van der Waals surface area contributed by atoms with Crippen LogP contribution in [0, 0.1) is 0 Å². The quantitative estimate of drug-likeness (QED) is 0.626. The van der Waals surface area contributed by atoms with Crippen LogP contribution >= 0.6 is 11.8 Å². The fraction of sp³-hybridized carbons (Fsp3) is 0.714. The molecule has 1 atom stereocenters. The molecule has 0 amide bonds. The first-order valence-corrected chi connectivity index (χ1v) is 8.23.